The zero-order valence-electron chi connectivity index (χ0n) is 11.5. The Kier molecular flexibility index (Phi) is 1.61. The summed E-state index contributed by atoms with van der Waals surface area (Å²) in [5, 5.41) is 0. The fourth-order valence-corrected chi connectivity index (χ4v) is 5.35. The first kappa shape index (κ1) is 10.9. The molecule has 5 heteroatoms. The molecule has 5 nitrogen and oxygen atoms in total. The van der Waals surface area contributed by atoms with Crippen LogP contribution in [0.15, 0.2) is 33.9 Å². The molecule has 1 aromatic heterocycles. The van der Waals surface area contributed by atoms with Gasteiger partial charge in [-0.2, -0.15) is 0 Å². The van der Waals surface area contributed by atoms with Crippen LogP contribution in [0.25, 0.3) is 0 Å². The third-order valence-corrected chi connectivity index (χ3v) is 6.38. The minimum Gasteiger partial charge on any atom is -0.246 e. The van der Waals surface area contributed by atoms with E-state index in [0.29, 0.717) is 0 Å². The average molecular weight is 271 g/mol. The van der Waals surface area contributed by atoms with Gasteiger partial charge in [0.15, 0.2) is 0 Å². The van der Waals surface area contributed by atoms with E-state index in [1.54, 1.807) is 16.4 Å². The molecule has 0 saturated heterocycles. The number of rotatable bonds is 0. The predicted octanol–water partition coefficient (Wildman–Crippen LogP) is 1.13. The van der Waals surface area contributed by atoms with Crippen LogP contribution in [0.3, 0.4) is 0 Å². The van der Waals surface area contributed by atoms with Crippen molar-refractivity contribution in [3.63, 3.8) is 0 Å². The van der Waals surface area contributed by atoms with Crippen molar-refractivity contribution in [2.24, 2.45) is 17.9 Å². The van der Waals surface area contributed by atoms with E-state index in [1.807, 2.05) is 0 Å². The van der Waals surface area contributed by atoms with Crippen molar-refractivity contribution in [2.75, 3.05) is 0 Å². The van der Waals surface area contributed by atoms with E-state index in [4.69, 9.17) is 0 Å². The zero-order valence-corrected chi connectivity index (χ0v) is 11.5. The molecule has 2 unspecified atom stereocenters. The fraction of sp³-hybridized carbons (Fsp3) is 0.600. The third-order valence-electron chi connectivity index (χ3n) is 6.38. The lowest BCUT2D eigenvalue weighted by Gasteiger charge is -2.69. The largest absolute Gasteiger partial charge is 0.347 e. The molecule has 0 aromatic carbocycles. The van der Waals surface area contributed by atoms with E-state index in [2.05, 4.69) is 24.3 Å². The van der Waals surface area contributed by atoms with Gasteiger partial charge in [-0.25, -0.2) is 23.5 Å². The molecule has 2 bridgehead atoms. The lowest BCUT2D eigenvalue weighted by molar-refractivity contribution is -0.154. The van der Waals surface area contributed by atoms with Gasteiger partial charge in [0.25, 0.3) is 0 Å². The Balaban J connectivity index is 1.92. The van der Waals surface area contributed by atoms with Crippen LogP contribution in [-0.2, 0) is 7.05 Å². The number of nitrogens with zero attached hydrogens (tertiary/aromatic N) is 3. The maximum absolute atomic E-state index is 12.4. The summed E-state index contributed by atoms with van der Waals surface area (Å²) in [6.07, 6.45) is 13.4. The Morgan fingerprint density at radius 1 is 1.05 bits per heavy atom. The maximum Gasteiger partial charge on any atom is 0.347 e. The van der Waals surface area contributed by atoms with Crippen molar-refractivity contribution in [1.29, 1.82) is 0 Å². The average Bonchev–Trinajstić information content (AvgIpc) is 2.67. The Bertz CT molecular complexity index is 808. The Hall–Kier alpha value is -1.78. The van der Waals surface area contributed by atoms with Gasteiger partial charge in [0.2, 0.25) is 0 Å². The number of aromatic nitrogens is 3. The van der Waals surface area contributed by atoms with E-state index in [-0.39, 0.29) is 34.3 Å². The first-order valence-electron chi connectivity index (χ1n) is 7.38. The molecule has 2 aliphatic heterocycles. The van der Waals surface area contributed by atoms with Crippen molar-refractivity contribution in [1.82, 2.24) is 13.9 Å². The highest BCUT2D eigenvalue weighted by molar-refractivity contribution is 5.35. The molecule has 1 aromatic rings. The van der Waals surface area contributed by atoms with Crippen molar-refractivity contribution < 1.29 is 0 Å². The normalized spacial score (nSPS) is 42.9. The first-order valence-corrected chi connectivity index (χ1v) is 7.38. The van der Waals surface area contributed by atoms with Crippen LogP contribution < -0.4 is 11.4 Å². The van der Waals surface area contributed by atoms with Crippen LogP contribution in [0.2, 0.25) is 0 Å². The monoisotopic (exact) mass is 271 g/mol. The van der Waals surface area contributed by atoms with E-state index in [0.717, 1.165) is 19.3 Å². The molecule has 4 atom stereocenters. The summed E-state index contributed by atoms with van der Waals surface area (Å²) in [4.78, 5) is 24.8. The fourth-order valence-electron chi connectivity index (χ4n) is 5.35. The second-order valence-electron chi connectivity index (χ2n) is 6.73. The standard InChI is InChI=1S/C15H17N3O2/c1-16-12(19)17-10-4-5-11(18(17)13(16)20)15-7-3-2-6-14(10,15)8-9-15/h2,4-6,10-11H,3,7-9H2,1H3/t10?,11-,14?,15-/m1/s1. The van der Waals surface area contributed by atoms with E-state index >= 15 is 0 Å². The molecule has 3 aliphatic carbocycles. The van der Waals surface area contributed by atoms with Crippen LogP contribution in [0.5, 0.6) is 0 Å². The van der Waals surface area contributed by atoms with Gasteiger partial charge >= 0.3 is 11.4 Å². The molecule has 1 saturated carbocycles. The van der Waals surface area contributed by atoms with Gasteiger partial charge in [0, 0.05) is 17.9 Å². The van der Waals surface area contributed by atoms with E-state index in [1.165, 1.54) is 11.0 Å². The van der Waals surface area contributed by atoms with Crippen LogP contribution in [0, 0.1) is 10.8 Å². The second-order valence-corrected chi connectivity index (χ2v) is 6.73. The maximum atomic E-state index is 12.4. The smallest absolute Gasteiger partial charge is 0.246 e. The molecular formula is C15H17N3O2. The van der Waals surface area contributed by atoms with Gasteiger partial charge < -0.3 is 0 Å². The summed E-state index contributed by atoms with van der Waals surface area (Å²) in [5.41, 5.74) is -0.108. The zero-order chi connectivity index (χ0) is 13.7. The highest BCUT2D eigenvalue weighted by Crippen LogP contribution is 2.74. The second kappa shape index (κ2) is 2.95. The highest BCUT2D eigenvalue weighted by atomic mass is 16.2. The number of hydrogen-bond acceptors (Lipinski definition) is 2. The first-order chi connectivity index (χ1) is 9.62. The highest BCUT2D eigenvalue weighted by Gasteiger charge is 2.69. The van der Waals surface area contributed by atoms with Gasteiger partial charge in [-0.05, 0) is 25.7 Å². The van der Waals surface area contributed by atoms with Gasteiger partial charge in [-0.1, -0.05) is 24.3 Å². The van der Waals surface area contributed by atoms with Crippen LogP contribution >= 0.6 is 0 Å². The summed E-state index contributed by atoms with van der Waals surface area (Å²) in [7, 11) is 1.58. The Labute approximate surface area is 115 Å². The summed E-state index contributed by atoms with van der Waals surface area (Å²) >= 11 is 0. The van der Waals surface area contributed by atoms with Crippen molar-refractivity contribution in [3.8, 4) is 0 Å². The van der Waals surface area contributed by atoms with Crippen LogP contribution in [0.1, 0.15) is 37.8 Å². The van der Waals surface area contributed by atoms with E-state index < -0.39 is 0 Å². The molecule has 104 valence electrons. The van der Waals surface area contributed by atoms with Gasteiger partial charge in [0.1, 0.15) is 0 Å². The van der Waals surface area contributed by atoms with Crippen molar-refractivity contribution >= 4 is 0 Å². The molecule has 6 rings (SSSR count). The Morgan fingerprint density at radius 2 is 1.75 bits per heavy atom. The number of hydrogen-bond donors (Lipinski definition) is 0. The summed E-state index contributed by atoms with van der Waals surface area (Å²) in [5.74, 6) is 0. The van der Waals surface area contributed by atoms with Gasteiger partial charge in [0.05, 0.1) is 12.1 Å². The minimum absolute atomic E-state index is 0.0131. The molecule has 0 spiro atoms. The van der Waals surface area contributed by atoms with E-state index in [9.17, 15) is 9.59 Å². The van der Waals surface area contributed by atoms with Crippen LogP contribution in [-0.4, -0.2) is 13.9 Å². The molecule has 0 radical (unpaired) electrons. The predicted molar refractivity (Wildman–Crippen MR) is 73.6 cm³/mol. The number of allylic oxidation sites excluding steroid dienone is 4. The molecule has 0 amide bonds. The van der Waals surface area contributed by atoms with Crippen molar-refractivity contribution in [3.05, 3.63) is 45.3 Å². The Morgan fingerprint density at radius 3 is 2.45 bits per heavy atom. The summed E-state index contributed by atoms with van der Waals surface area (Å²) < 4.78 is 4.68. The lowest BCUT2D eigenvalue weighted by Crippen LogP contribution is -2.67. The molecule has 20 heavy (non-hydrogen) atoms. The molecule has 3 heterocycles. The van der Waals surface area contributed by atoms with Gasteiger partial charge in [-0.15, -0.1) is 0 Å². The van der Waals surface area contributed by atoms with Crippen LogP contribution in [0.4, 0.5) is 0 Å². The third kappa shape index (κ3) is 0.807. The molecular weight excluding hydrogens is 254 g/mol. The molecule has 0 N–H and O–H groups in total. The topological polar surface area (TPSA) is 48.9 Å². The molecule has 1 fully saturated rings. The van der Waals surface area contributed by atoms with Crippen molar-refractivity contribution in [2.45, 2.75) is 37.8 Å². The lowest BCUT2D eigenvalue weighted by atomic mass is 9.39. The minimum atomic E-state index is -0.178. The quantitative estimate of drug-likeness (QED) is 0.664. The molecule has 5 aliphatic rings. The summed E-state index contributed by atoms with van der Waals surface area (Å²) in [6, 6.07) is 0.0619. The summed E-state index contributed by atoms with van der Waals surface area (Å²) in [6.45, 7) is 0. The SMILES string of the molecule is Cn1c(=O)n2n(c1=O)[C@@H]1C=CC2C23C=CCC[C@@]12CC3. The van der Waals surface area contributed by atoms with Gasteiger partial charge in [-0.3, -0.25) is 0 Å².